The minimum Gasteiger partial charge on any atom is -0.250 e. The summed E-state index contributed by atoms with van der Waals surface area (Å²) >= 11 is 0. The molecule has 3 aromatic rings. The highest BCUT2D eigenvalue weighted by molar-refractivity contribution is 7.90. The molecule has 0 fully saturated rings. The van der Waals surface area contributed by atoms with Crippen LogP contribution in [0.4, 0.5) is 0 Å². The van der Waals surface area contributed by atoms with Gasteiger partial charge >= 0.3 is 0 Å². The Labute approximate surface area is 123 Å². The summed E-state index contributed by atoms with van der Waals surface area (Å²) < 4.78 is 24.8. The highest BCUT2D eigenvalue weighted by Gasteiger charge is 2.18. The van der Waals surface area contributed by atoms with Crippen molar-refractivity contribution in [3.63, 3.8) is 0 Å². The molecule has 3 rings (SSSR count). The predicted molar refractivity (Wildman–Crippen MR) is 81.6 cm³/mol. The van der Waals surface area contributed by atoms with Crippen LogP contribution in [0.1, 0.15) is 11.4 Å². The number of para-hydroxylation sites is 2. The summed E-state index contributed by atoms with van der Waals surface area (Å²) in [7, 11) is -3.41. The molecule has 0 bridgehead atoms. The molecule has 0 unspecified atom stereocenters. The summed E-state index contributed by atoms with van der Waals surface area (Å²) in [5.41, 5.74) is 2.63. The first kappa shape index (κ1) is 13.7. The number of aryl methyl sites for hydroxylation is 1. The molecule has 0 amide bonds. The Morgan fingerprint density at radius 1 is 0.857 bits per heavy atom. The lowest BCUT2D eigenvalue weighted by Gasteiger charge is -2.07. The van der Waals surface area contributed by atoms with Gasteiger partial charge in [0.25, 0.3) is 0 Å². The van der Waals surface area contributed by atoms with Crippen LogP contribution in [-0.4, -0.2) is 18.4 Å². The molecule has 2 aromatic carbocycles. The van der Waals surface area contributed by atoms with Crippen LogP contribution in [0, 0.1) is 6.92 Å². The molecule has 5 heteroatoms. The van der Waals surface area contributed by atoms with E-state index in [1.165, 1.54) is 0 Å². The van der Waals surface area contributed by atoms with Gasteiger partial charge in [0, 0.05) is 0 Å². The molecule has 0 aliphatic carbocycles. The van der Waals surface area contributed by atoms with Crippen molar-refractivity contribution >= 4 is 20.9 Å². The Hall–Kier alpha value is -2.27. The zero-order valence-corrected chi connectivity index (χ0v) is 12.3. The molecule has 0 radical (unpaired) electrons. The SMILES string of the molecule is Cc1nc2ccccc2nc1CS(=O)(=O)c1ccccc1. The van der Waals surface area contributed by atoms with Gasteiger partial charge in [-0.15, -0.1) is 0 Å². The number of sulfone groups is 1. The number of aromatic nitrogens is 2. The van der Waals surface area contributed by atoms with E-state index >= 15 is 0 Å². The molecule has 106 valence electrons. The molecule has 0 N–H and O–H groups in total. The van der Waals surface area contributed by atoms with E-state index in [1.807, 2.05) is 24.3 Å². The second-order valence-corrected chi connectivity index (χ2v) is 6.81. The molecular formula is C16H14N2O2S. The fraction of sp³-hybridized carbons (Fsp3) is 0.125. The maximum absolute atomic E-state index is 12.4. The summed E-state index contributed by atoms with van der Waals surface area (Å²) in [6.07, 6.45) is 0. The average molecular weight is 298 g/mol. The highest BCUT2D eigenvalue weighted by atomic mass is 32.2. The van der Waals surface area contributed by atoms with Gasteiger partial charge in [0.2, 0.25) is 0 Å². The van der Waals surface area contributed by atoms with Crippen LogP contribution in [0.5, 0.6) is 0 Å². The quantitative estimate of drug-likeness (QED) is 0.746. The van der Waals surface area contributed by atoms with E-state index in [2.05, 4.69) is 9.97 Å². The van der Waals surface area contributed by atoms with Crippen molar-refractivity contribution < 1.29 is 8.42 Å². The van der Waals surface area contributed by atoms with E-state index < -0.39 is 9.84 Å². The lowest BCUT2D eigenvalue weighted by molar-refractivity contribution is 0.594. The van der Waals surface area contributed by atoms with Crippen LogP contribution in [0.2, 0.25) is 0 Å². The molecular weight excluding hydrogens is 284 g/mol. The monoisotopic (exact) mass is 298 g/mol. The largest absolute Gasteiger partial charge is 0.250 e. The molecule has 1 heterocycles. The lowest BCUT2D eigenvalue weighted by Crippen LogP contribution is -2.09. The Morgan fingerprint density at radius 2 is 1.43 bits per heavy atom. The number of fused-ring (bicyclic) bond motifs is 1. The van der Waals surface area contributed by atoms with Crippen LogP contribution < -0.4 is 0 Å². The van der Waals surface area contributed by atoms with Crippen molar-refractivity contribution in [1.29, 1.82) is 0 Å². The van der Waals surface area contributed by atoms with Gasteiger partial charge in [-0.05, 0) is 31.2 Å². The minimum absolute atomic E-state index is 0.138. The van der Waals surface area contributed by atoms with Gasteiger partial charge in [0.1, 0.15) is 0 Å². The molecule has 0 aliphatic rings. The van der Waals surface area contributed by atoms with Crippen molar-refractivity contribution in [1.82, 2.24) is 9.97 Å². The third kappa shape index (κ3) is 2.78. The normalized spacial score (nSPS) is 11.7. The van der Waals surface area contributed by atoms with E-state index in [1.54, 1.807) is 37.3 Å². The van der Waals surface area contributed by atoms with Gasteiger partial charge in [0.05, 0.1) is 33.1 Å². The van der Waals surface area contributed by atoms with Crippen LogP contribution in [0.25, 0.3) is 11.0 Å². The van der Waals surface area contributed by atoms with Crippen LogP contribution in [-0.2, 0) is 15.6 Å². The standard InChI is InChI=1S/C16H14N2O2S/c1-12-16(18-15-10-6-5-9-14(15)17-12)11-21(19,20)13-7-3-2-4-8-13/h2-10H,11H2,1H3. The molecule has 4 nitrogen and oxygen atoms in total. The Morgan fingerprint density at radius 3 is 2.10 bits per heavy atom. The van der Waals surface area contributed by atoms with Crippen molar-refractivity contribution in [2.45, 2.75) is 17.6 Å². The molecule has 0 saturated carbocycles. The molecule has 0 saturated heterocycles. The lowest BCUT2D eigenvalue weighted by atomic mass is 10.2. The number of nitrogens with zero attached hydrogens (tertiary/aromatic N) is 2. The first-order valence-corrected chi connectivity index (χ1v) is 8.21. The van der Waals surface area contributed by atoms with Crippen LogP contribution >= 0.6 is 0 Å². The molecule has 0 aliphatic heterocycles. The second kappa shape index (κ2) is 5.26. The second-order valence-electron chi connectivity index (χ2n) is 4.82. The van der Waals surface area contributed by atoms with E-state index in [0.29, 0.717) is 21.8 Å². The van der Waals surface area contributed by atoms with E-state index in [0.717, 1.165) is 5.52 Å². The minimum atomic E-state index is -3.41. The number of benzene rings is 2. The van der Waals surface area contributed by atoms with Gasteiger partial charge in [-0.1, -0.05) is 30.3 Å². The van der Waals surface area contributed by atoms with Crippen molar-refractivity contribution in [2.75, 3.05) is 0 Å². The van der Waals surface area contributed by atoms with Gasteiger partial charge in [0.15, 0.2) is 9.84 Å². The van der Waals surface area contributed by atoms with Gasteiger partial charge < -0.3 is 0 Å². The summed E-state index contributed by atoms with van der Waals surface area (Å²) in [6, 6.07) is 15.9. The topological polar surface area (TPSA) is 59.9 Å². The Bertz CT molecular complexity index is 891. The third-order valence-electron chi connectivity index (χ3n) is 3.27. The first-order valence-electron chi connectivity index (χ1n) is 6.56. The molecule has 0 spiro atoms. The van der Waals surface area contributed by atoms with Crippen molar-refractivity contribution in [3.05, 3.63) is 66.0 Å². The summed E-state index contributed by atoms with van der Waals surface area (Å²) in [5.74, 6) is -0.138. The van der Waals surface area contributed by atoms with Crippen molar-refractivity contribution in [3.8, 4) is 0 Å². The first-order chi connectivity index (χ1) is 10.1. The van der Waals surface area contributed by atoms with Crippen LogP contribution in [0.15, 0.2) is 59.5 Å². The van der Waals surface area contributed by atoms with E-state index in [9.17, 15) is 8.42 Å². The van der Waals surface area contributed by atoms with E-state index in [-0.39, 0.29) is 5.75 Å². The van der Waals surface area contributed by atoms with E-state index in [4.69, 9.17) is 0 Å². The molecule has 21 heavy (non-hydrogen) atoms. The molecule has 1 aromatic heterocycles. The Kier molecular flexibility index (Phi) is 3.43. The number of hydrogen-bond donors (Lipinski definition) is 0. The van der Waals surface area contributed by atoms with Gasteiger partial charge in [-0.2, -0.15) is 0 Å². The smallest absolute Gasteiger partial charge is 0.184 e. The zero-order chi connectivity index (χ0) is 14.9. The summed E-state index contributed by atoms with van der Waals surface area (Å²) in [4.78, 5) is 9.18. The summed E-state index contributed by atoms with van der Waals surface area (Å²) in [6.45, 7) is 1.79. The van der Waals surface area contributed by atoms with Gasteiger partial charge in [-0.25, -0.2) is 18.4 Å². The highest BCUT2D eigenvalue weighted by Crippen LogP contribution is 2.18. The molecule has 0 atom stereocenters. The summed E-state index contributed by atoms with van der Waals surface area (Å²) in [5, 5.41) is 0. The van der Waals surface area contributed by atoms with Crippen molar-refractivity contribution in [2.24, 2.45) is 0 Å². The zero-order valence-electron chi connectivity index (χ0n) is 11.5. The fourth-order valence-corrected chi connectivity index (χ4v) is 3.52. The van der Waals surface area contributed by atoms with Gasteiger partial charge in [-0.3, -0.25) is 0 Å². The number of hydrogen-bond acceptors (Lipinski definition) is 4. The van der Waals surface area contributed by atoms with Crippen LogP contribution in [0.3, 0.4) is 0 Å². The predicted octanol–water partition coefficient (Wildman–Crippen LogP) is 2.91. The third-order valence-corrected chi connectivity index (χ3v) is 4.92. The average Bonchev–Trinajstić information content (AvgIpc) is 2.49. The maximum Gasteiger partial charge on any atom is 0.184 e. The number of rotatable bonds is 3. The Balaban J connectivity index is 2.04. The maximum atomic E-state index is 12.4. The fourth-order valence-electron chi connectivity index (χ4n) is 2.15.